The lowest BCUT2D eigenvalue weighted by atomic mass is 9.86. The largest absolute Gasteiger partial charge is 0.493 e. The van der Waals surface area contributed by atoms with Gasteiger partial charge in [-0.15, -0.1) is 0 Å². The molecule has 2 heterocycles. The van der Waals surface area contributed by atoms with E-state index in [0.29, 0.717) is 6.61 Å². The van der Waals surface area contributed by atoms with E-state index in [9.17, 15) is 4.79 Å². The summed E-state index contributed by atoms with van der Waals surface area (Å²) in [5, 5.41) is 10.4. The van der Waals surface area contributed by atoms with Crippen molar-refractivity contribution >= 4 is 5.91 Å². The summed E-state index contributed by atoms with van der Waals surface area (Å²) in [4.78, 5) is 12.9. The number of aryl methyl sites for hydroxylation is 1. The normalized spacial score (nSPS) is 23.1. The highest BCUT2D eigenvalue weighted by molar-refractivity contribution is 5.84. The van der Waals surface area contributed by atoms with Crippen molar-refractivity contribution in [3.8, 4) is 5.75 Å². The van der Waals surface area contributed by atoms with Crippen molar-refractivity contribution in [3.05, 3.63) is 47.3 Å². The minimum atomic E-state index is -0.0890. The van der Waals surface area contributed by atoms with Crippen LogP contribution in [-0.2, 0) is 11.2 Å². The quantitative estimate of drug-likeness (QED) is 0.896. The number of para-hydroxylation sites is 1. The van der Waals surface area contributed by atoms with E-state index in [-0.39, 0.29) is 17.9 Å². The molecule has 0 unspecified atom stereocenters. The first kappa shape index (κ1) is 14.3. The first-order valence-electron chi connectivity index (χ1n) is 8.37. The van der Waals surface area contributed by atoms with Gasteiger partial charge in [-0.05, 0) is 38.2 Å². The highest BCUT2D eigenvalue weighted by Gasteiger charge is 2.30. The fourth-order valence-electron chi connectivity index (χ4n) is 3.68. The van der Waals surface area contributed by atoms with Gasteiger partial charge in [-0.3, -0.25) is 9.89 Å². The Morgan fingerprint density at radius 1 is 1.22 bits per heavy atom. The average molecular weight is 311 g/mol. The van der Waals surface area contributed by atoms with Crippen LogP contribution in [0.4, 0.5) is 0 Å². The fourth-order valence-corrected chi connectivity index (χ4v) is 3.68. The molecule has 120 valence electrons. The molecule has 2 N–H and O–H groups in total. The molecule has 23 heavy (non-hydrogen) atoms. The van der Waals surface area contributed by atoms with Gasteiger partial charge in [0.05, 0.1) is 24.8 Å². The van der Waals surface area contributed by atoms with Crippen LogP contribution in [-0.4, -0.2) is 22.7 Å². The van der Waals surface area contributed by atoms with Crippen LogP contribution in [0.1, 0.15) is 54.5 Å². The minimum absolute atomic E-state index is 0.0264. The maximum absolute atomic E-state index is 12.9. The topological polar surface area (TPSA) is 67.0 Å². The number of hydrogen-bond donors (Lipinski definition) is 2. The Morgan fingerprint density at radius 3 is 3.09 bits per heavy atom. The Morgan fingerprint density at radius 2 is 2.13 bits per heavy atom. The van der Waals surface area contributed by atoms with Gasteiger partial charge in [0.2, 0.25) is 5.91 Å². The van der Waals surface area contributed by atoms with Crippen molar-refractivity contribution in [1.29, 1.82) is 0 Å². The van der Waals surface area contributed by atoms with Gasteiger partial charge in [0.15, 0.2) is 0 Å². The highest BCUT2D eigenvalue weighted by atomic mass is 16.5. The van der Waals surface area contributed by atoms with Gasteiger partial charge in [0.1, 0.15) is 5.75 Å². The Labute approximate surface area is 135 Å². The molecule has 0 spiro atoms. The number of carbonyl (C=O) groups is 1. The van der Waals surface area contributed by atoms with Gasteiger partial charge in [-0.1, -0.05) is 18.2 Å². The van der Waals surface area contributed by atoms with Gasteiger partial charge in [0, 0.05) is 16.8 Å². The molecule has 1 aliphatic heterocycles. The molecule has 0 fully saturated rings. The van der Waals surface area contributed by atoms with E-state index in [4.69, 9.17) is 4.74 Å². The van der Waals surface area contributed by atoms with Crippen LogP contribution in [0.5, 0.6) is 5.75 Å². The molecule has 1 aromatic carbocycles. The number of benzene rings is 1. The third-order valence-corrected chi connectivity index (χ3v) is 4.87. The number of amides is 1. The van der Waals surface area contributed by atoms with Crippen molar-refractivity contribution in [2.75, 3.05) is 6.61 Å². The molecular weight excluding hydrogens is 290 g/mol. The van der Waals surface area contributed by atoms with Crippen molar-refractivity contribution in [3.63, 3.8) is 0 Å². The van der Waals surface area contributed by atoms with E-state index in [1.54, 1.807) is 0 Å². The van der Waals surface area contributed by atoms with E-state index >= 15 is 0 Å². The smallest absolute Gasteiger partial charge is 0.228 e. The lowest BCUT2D eigenvalue weighted by Gasteiger charge is -2.25. The summed E-state index contributed by atoms with van der Waals surface area (Å²) in [7, 11) is 0. The third kappa shape index (κ3) is 2.71. The molecule has 1 aromatic heterocycles. The number of carbonyl (C=O) groups excluding carboxylic acids is 1. The van der Waals surface area contributed by atoms with Crippen molar-refractivity contribution in [2.24, 2.45) is 0 Å². The summed E-state index contributed by atoms with van der Waals surface area (Å²) in [6.07, 6.45) is 6.57. The zero-order chi connectivity index (χ0) is 15.6. The van der Waals surface area contributed by atoms with Gasteiger partial charge in [-0.2, -0.15) is 5.10 Å². The number of fused-ring (bicyclic) bond motifs is 2. The second kappa shape index (κ2) is 6.07. The zero-order valence-corrected chi connectivity index (χ0v) is 13.0. The summed E-state index contributed by atoms with van der Waals surface area (Å²) in [6.45, 7) is 0.707. The molecule has 1 aliphatic carbocycles. The summed E-state index contributed by atoms with van der Waals surface area (Å²) in [6, 6.07) is 8.03. The molecule has 5 heteroatoms. The zero-order valence-electron chi connectivity index (χ0n) is 13.0. The molecule has 0 bridgehead atoms. The van der Waals surface area contributed by atoms with E-state index < -0.39 is 0 Å². The van der Waals surface area contributed by atoms with Crippen molar-refractivity contribution in [2.45, 2.75) is 44.1 Å². The first-order chi connectivity index (χ1) is 11.3. The maximum Gasteiger partial charge on any atom is 0.228 e. The number of H-pyrrole nitrogens is 1. The number of hydrogen-bond acceptors (Lipinski definition) is 3. The molecule has 2 atom stereocenters. The van der Waals surface area contributed by atoms with Crippen molar-refractivity contribution in [1.82, 2.24) is 15.5 Å². The molecular formula is C18H21N3O2. The van der Waals surface area contributed by atoms with Crippen LogP contribution in [0, 0.1) is 0 Å². The lowest BCUT2D eigenvalue weighted by Crippen LogP contribution is -2.34. The van der Waals surface area contributed by atoms with Crippen LogP contribution < -0.4 is 10.1 Å². The number of aromatic nitrogens is 2. The summed E-state index contributed by atoms with van der Waals surface area (Å²) in [5.74, 6) is 0.908. The molecule has 2 aliphatic rings. The molecule has 5 nitrogen and oxygen atoms in total. The number of rotatable bonds is 2. The van der Waals surface area contributed by atoms with E-state index in [1.807, 2.05) is 24.4 Å². The highest BCUT2D eigenvalue weighted by Crippen LogP contribution is 2.34. The maximum atomic E-state index is 12.9. The molecule has 2 aromatic rings. The lowest BCUT2D eigenvalue weighted by molar-refractivity contribution is -0.123. The Balaban J connectivity index is 1.56. The average Bonchev–Trinajstić information content (AvgIpc) is 2.97. The predicted octanol–water partition coefficient (Wildman–Crippen LogP) is 2.86. The Kier molecular flexibility index (Phi) is 3.77. The first-order valence-corrected chi connectivity index (χ1v) is 8.37. The standard InChI is InChI=1S/C18H21N3O2/c22-18(12-6-3-7-16-14(12)11-19-21-16)20-15-8-4-10-23-17-9-2-1-5-13(15)17/h1-2,5,9,11-12,15H,3-4,6-8,10H2,(H,19,21)(H,20,22)/t12-,15-/m0/s1. The van der Waals surface area contributed by atoms with Crippen LogP contribution in [0.15, 0.2) is 30.5 Å². The molecule has 0 saturated carbocycles. The summed E-state index contributed by atoms with van der Waals surface area (Å²) >= 11 is 0. The van der Waals surface area contributed by atoms with Crippen LogP contribution in [0.25, 0.3) is 0 Å². The van der Waals surface area contributed by atoms with Crippen LogP contribution in [0.2, 0.25) is 0 Å². The minimum Gasteiger partial charge on any atom is -0.493 e. The van der Waals surface area contributed by atoms with Gasteiger partial charge < -0.3 is 10.1 Å². The van der Waals surface area contributed by atoms with Gasteiger partial charge in [0.25, 0.3) is 0 Å². The number of nitrogens with zero attached hydrogens (tertiary/aromatic N) is 1. The summed E-state index contributed by atoms with van der Waals surface area (Å²) < 4.78 is 5.78. The Bertz CT molecular complexity index is 710. The van der Waals surface area contributed by atoms with E-state index in [0.717, 1.165) is 54.7 Å². The van der Waals surface area contributed by atoms with E-state index in [2.05, 4.69) is 21.6 Å². The monoisotopic (exact) mass is 311 g/mol. The second-order valence-corrected chi connectivity index (χ2v) is 6.34. The molecule has 0 radical (unpaired) electrons. The molecule has 0 saturated heterocycles. The molecule has 1 amide bonds. The van der Waals surface area contributed by atoms with Crippen molar-refractivity contribution < 1.29 is 9.53 Å². The summed E-state index contributed by atoms with van der Waals surface area (Å²) in [5.41, 5.74) is 3.26. The number of ether oxygens (including phenoxy) is 1. The SMILES string of the molecule is O=C(N[C@H]1CCCOc2ccccc21)[C@H]1CCCc2[nH]ncc21. The third-order valence-electron chi connectivity index (χ3n) is 4.87. The Hall–Kier alpha value is -2.30. The van der Waals surface area contributed by atoms with E-state index in [1.165, 1.54) is 0 Å². The molecule has 4 rings (SSSR count). The number of nitrogens with one attached hydrogen (secondary N) is 2. The predicted molar refractivity (Wildman–Crippen MR) is 86.3 cm³/mol. The second-order valence-electron chi connectivity index (χ2n) is 6.34. The van der Waals surface area contributed by atoms with Gasteiger partial charge >= 0.3 is 0 Å². The van der Waals surface area contributed by atoms with Crippen LogP contribution in [0.3, 0.4) is 0 Å². The number of aromatic amines is 1. The van der Waals surface area contributed by atoms with Crippen LogP contribution >= 0.6 is 0 Å². The van der Waals surface area contributed by atoms with Gasteiger partial charge in [-0.25, -0.2) is 0 Å². The fraction of sp³-hybridized carbons (Fsp3) is 0.444.